The molecule has 0 spiro atoms. The second-order valence-electron chi connectivity index (χ2n) is 19.1. The molecule has 4 N–H and O–H groups in total. The number of nitrogens with one attached hydrogen (secondary N) is 4. The second kappa shape index (κ2) is 30.4. The average Bonchev–Trinajstić information content (AvgIpc) is 4.13. The summed E-state index contributed by atoms with van der Waals surface area (Å²) in [5, 5.41) is 14.4. The topological polar surface area (TPSA) is 211 Å². The van der Waals surface area contributed by atoms with Crippen LogP contribution in [0.15, 0.2) is 59.6 Å². The smallest absolute Gasteiger partial charge is 0.264 e. The Morgan fingerprint density at radius 1 is 0.829 bits per heavy atom. The number of benzene rings is 2. The number of aromatic nitrogens is 3. The fraction of sp³-hybridized carbons (Fsp3) is 0.574. The summed E-state index contributed by atoms with van der Waals surface area (Å²) in [5.41, 5.74) is 4.17. The maximum atomic E-state index is 14.2. The molecule has 414 valence electrons. The molecule has 4 heterocycles. The van der Waals surface area contributed by atoms with Crippen molar-refractivity contribution in [3.63, 3.8) is 0 Å². The summed E-state index contributed by atoms with van der Waals surface area (Å²) in [5.74, 6) is 1.68. The standard InChI is InChI=1S/C54H75ClN10O10S/c1-38(56-2)51(67)60-48(39-10-6-5-7-11-39)53(69)65-17-9-13-42(65)35-64-37-76-36-46(64)49(66)40-12-8-14-43(32-40)75-31-30-74-29-28-73-27-26-72-25-24-71-23-22-62-18-20-63(21-19-62)52(68)41-15-16-45(47(33-41)70-4)59-54-58-34-44(55)50(57-3)61-54/h8,12,14-16,32-34,36-39,42,48,56H,5-7,9-11,13,17-31,35H2,1-4H3,(H2-,57,58,59,60,61,67,68)/p+1/t38-,42?,48-/m0/s1. The van der Waals surface area contributed by atoms with Crippen LogP contribution in [0.5, 0.6) is 11.5 Å². The Morgan fingerprint density at radius 2 is 1.54 bits per heavy atom. The largest absolute Gasteiger partial charge is 0.495 e. The van der Waals surface area contributed by atoms with Crippen LogP contribution in [-0.4, -0.2) is 186 Å². The molecule has 7 rings (SSSR count). The van der Waals surface area contributed by atoms with Gasteiger partial charge in [-0.15, -0.1) is 0 Å². The number of anilines is 3. The number of hydrogen-bond acceptors (Lipinski definition) is 17. The Hall–Kier alpha value is -5.52. The van der Waals surface area contributed by atoms with Crippen LogP contribution in [-0.2, 0) is 35.1 Å². The number of nitrogens with zero attached hydrogens (tertiary/aromatic N) is 6. The molecule has 1 saturated carbocycles. The van der Waals surface area contributed by atoms with E-state index in [4.69, 9.17) is 40.0 Å². The first kappa shape index (κ1) is 58.2. The molecule has 20 nitrogen and oxygen atoms in total. The van der Waals surface area contributed by atoms with Gasteiger partial charge >= 0.3 is 0 Å². The molecule has 1 unspecified atom stereocenters. The van der Waals surface area contributed by atoms with E-state index in [0.717, 1.165) is 64.6 Å². The second-order valence-corrected chi connectivity index (χ2v) is 20.2. The summed E-state index contributed by atoms with van der Waals surface area (Å²) in [4.78, 5) is 69.2. The summed E-state index contributed by atoms with van der Waals surface area (Å²) in [6.07, 6.45) is 8.35. The molecular formula is C54H76ClN10O10S+. The highest BCUT2D eigenvalue weighted by Gasteiger charge is 2.40. The number of carbonyl (C=O) groups is 4. The fourth-order valence-electron chi connectivity index (χ4n) is 9.65. The molecule has 0 bridgehead atoms. The van der Waals surface area contributed by atoms with E-state index < -0.39 is 12.1 Å². The van der Waals surface area contributed by atoms with E-state index in [1.807, 2.05) is 37.4 Å². The van der Waals surface area contributed by atoms with Crippen LogP contribution >= 0.6 is 22.9 Å². The number of amides is 3. The van der Waals surface area contributed by atoms with Gasteiger partial charge in [0.2, 0.25) is 23.3 Å². The number of piperazine rings is 1. The molecule has 76 heavy (non-hydrogen) atoms. The van der Waals surface area contributed by atoms with Crippen molar-refractivity contribution >= 4 is 63.9 Å². The maximum Gasteiger partial charge on any atom is 0.264 e. The third kappa shape index (κ3) is 16.7. The molecule has 22 heteroatoms. The van der Waals surface area contributed by atoms with E-state index in [1.165, 1.54) is 17.5 Å². The van der Waals surface area contributed by atoms with E-state index in [0.29, 0.717) is 136 Å². The van der Waals surface area contributed by atoms with Gasteiger partial charge in [0, 0.05) is 57.4 Å². The summed E-state index contributed by atoms with van der Waals surface area (Å²) < 4.78 is 36.3. The van der Waals surface area contributed by atoms with Crippen molar-refractivity contribution in [1.29, 1.82) is 0 Å². The fourth-order valence-corrected chi connectivity index (χ4v) is 10.6. The van der Waals surface area contributed by atoms with Crippen molar-refractivity contribution in [3.8, 4) is 11.5 Å². The van der Waals surface area contributed by atoms with Crippen LogP contribution < -0.4 is 35.3 Å². The van der Waals surface area contributed by atoms with Crippen molar-refractivity contribution in [3.05, 3.63) is 81.4 Å². The normalized spacial score (nSPS) is 17.0. The number of ether oxygens (including phenoxy) is 6. The molecular weight excluding hydrogens is 1020 g/mol. The Morgan fingerprint density at radius 3 is 2.24 bits per heavy atom. The molecule has 3 atom stereocenters. The van der Waals surface area contributed by atoms with Gasteiger partial charge in [0.25, 0.3) is 17.4 Å². The number of hydrogen-bond donors (Lipinski definition) is 4. The molecule has 0 radical (unpaired) electrons. The van der Waals surface area contributed by atoms with Gasteiger partial charge < -0.3 is 59.5 Å². The van der Waals surface area contributed by atoms with Crippen LogP contribution in [0.25, 0.3) is 0 Å². The lowest BCUT2D eigenvalue weighted by atomic mass is 9.83. The highest BCUT2D eigenvalue weighted by molar-refractivity contribution is 7.07. The van der Waals surface area contributed by atoms with Crippen molar-refractivity contribution in [2.24, 2.45) is 5.92 Å². The number of carbonyl (C=O) groups excluding carboxylic acids is 4. The quantitative estimate of drug-likeness (QED) is 0.0305. The minimum Gasteiger partial charge on any atom is -0.495 e. The third-order valence-electron chi connectivity index (χ3n) is 14.1. The molecule has 3 fully saturated rings. The van der Waals surface area contributed by atoms with E-state index in [-0.39, 0.29) is 35.5 Å². The minimum absolute atomic E-state index is 0.0129. The van der Waals surface area contributed by atoms with Crippen LogP contribution in [0, 0.1) is 5.92 Å². The van der Waals surface area contributed by atoms with Crippen LogP contribution in [0.4, 0.5) is 17.5 Å². The van der Waals surface area contributed by atoms with Crippen LogP contribution in [0.1, 0.15) is 78.3 Å². The van der Waals surface area contributed by atoms with E-state index in [1.54, 1.807) is 58.5 Å². The van der Waals surface area contributed by atoms with E-state index in [9.17, 15) is 19.2 Å². The number of likely N-dealkylation sites (N-methyl/N-ethyl adjacent to an activating group) is 1. The lowest BCUT2D eigenvalue weighted by Crippen LogP contribution is -2.58. The molecule has 3 amide bonds. The van der Waals surface area contributed by atoms with Crippen molar-refractivity contribution in [2.75, 3.05) is 131 Å². The Balaban J connectivity index is 0.712. The molecule has 3 aliphatic rings. The van der Waals surface area contributed by atoms with Gasteiger partial charge in [-0.05, 0) is 75.9 Å². The molecule has 1 aliphatic carbocycles. The molecule has 4 aromatic rings. The average molecular weight is 1090 g/mol. The molecule has 2 saturated heterocycles. The van der Waals surface area contributed by atoms with Gasteiger partial charge in [-0.1, -0.05) is 54.3 Å². The first-order valence-electron chi connectivity index (χ1n) is 26.6. The van der Waals surface area contributed by atoms with Gasteiger partial charge in [0.1, 0.15) is 35.0 Å². The van der Waals surface area contributed by atoms with Gasteiger partial charge in [-0.3, -0.25) is 24.1 Å². The monoisotopic (exact) mass is 1090 g/mol. The van der Waals surface area contributed by atoms with Gasteiger partial charge in [0.15, 0.2) is 6.54 Å². The highest BCUT2D eigenvalue weighted by Crippen LogP contribution is 2.31. The molecule has 2 aromatic heterocycles. The third-order valence-corrected chi connectivity index (χ3v) is 15.1. The Labute approximate surface area is 455 Å². The predicted molar refractivity (Wildman–Crippen MR) is 290 cm³/mol. The lowest BCUT2D eigenvalue weighted by Gasteiger charge is -2.34. The van der Waals surface area contributed by atoms with E-state index in [2.05, 4.69) is 36.1 Å². The van der Waals surface area contributed by atoms with Crippen LogP contribution in [0.3, 0.4) is 0 Å². The van der Waals surface area contributed by atoms with E-state index >= 15 is 0 Å². The molecule has 2 aromatic carbocycles. The Bertz CT molecular complexity index is 2490. The van der Waals surface area contributed by atoms with Crippen LogP contribution in [0.2, 0.25) is 5.02 Å². The zero-order valence-electron chi connectivity index (χ0n) is 44.4. The number of thiazole rings is 1. The first-order chi connectivity index (χ1) is 37.1. The molecule has 2 aliphatic heterocycles. The number of likely N-dealkylation sites (tertiary alicyclic amines) is 1. The first-order valence-corrected chi connectivity index (χ1v) is 27.9. The minimum atomic E-state index is -0.552. The van der Waals surface area contributed by atoms with Crippen molar-refractivity contribution in [2.45, 2.75) is 76.5 Å². The van der Waals surface area contributed by atoms with Gasteiger partial charge in [-0.2, -0.15) is 9.55 Å². The Kier molecular flexibility index (Phi) is 23.3. The number of halogens is 1. The number of rotatable bonds is 30. The van der Waals surface area contributed by atoms with Gasteiger partial charge in [0.05, 0.1) is 89.3 Å². The summed E-state index contributed by atoms with van der Waals surface area (Å²) in [6.45, 7) is 10.3. The number of ketones is 1. The lowest BCUT2D eigenvalue weighted by molar-refractivity contribution is -0.697. The zero-order chi connectivity index (χ0) is 53.7. The predicted octanol–water partition coefficient (Wildman–Crippen LogP) is 5.07. The highest BCUT2D eigenvalue weighted by atomic mass is 35.5. The summed E-state index contributed by atoms with van der Waals surface area (Å²) >= 11 is 7.57. The van der Waals surface area contributed by atoms with Crippen molar-refractivity contribution < 1.29 is 52.2 Å². The maximum absolute atomic E-state index is 14.2. The summed E-state index contributed by atoms with van der Waals surface area (Å²) in [7, 11) is 5.02. The number of methoxy groups -OCH3 is 1. The summed E-state index contributed by atoms with van der Waals surface area (Å²) in [6, 6.07) is 11.4. The zero-order valence-corrected chi connectivity index (χ0v) is 46.0. The SMILES string of the molecule is CNc1nc(Nc2ccc(C(=O)N3CCN(CCOCCOCCOCCOCCOc4cccc(C(=O)c5csc[n+]5CC5CCCN5C(=O)[C@@H](NC(=O)[C@H](C)NC)C5CCCCC5)c4)CC3)cc2OC)ncc1Cl. The van der Waals surface area contributed by atoms with Gasteiger partial charge in [-0.25, -0.2) is 4.98 Å². The van der Waals surface area contributed by atoms with Crippen molar-refractivity contribution in [1.82, 2.24) is 35.3 Å².